The number of benzene rings is 1. The molecule has 2 aliphatic heterocycles. The number of ether oxygens (including phenoxy) is 2. The summed E-state index contributed by atoms with van der Waals surface area (Å²) in [6.45, 7) is 2.69. The Morgan fingerprint density at radius 2 is 2.08 bits per heavy atom. The molecule has 26 heavy (non-hydrogen) atoms. The summed E-state index contributed by atoms with van der Waals surface area (Å²) in [5.41, 5.74) is -0.769. The molecule has 0 amide bonds. The number of hydrogen-bond acceptors (Lipinski definition) is 5. The van der Waals surface area contributed by atoms with E-state index < -0.39 is 22.8 Å². The quantitative estimate of drug-likeness (QED) is 0.795. The number of morpholine rings is 1. The first-order chi connectivity index (χ1) is 12.5. The first-order valence-electron chi connectivity index (χ1n) is 8.19. The molecule has 1 unspecified atom stereocenters. The van der Waals surface area contributed by atoms with Gasteiger partial charge in [0.15, 0.2) is 5.82 Å². The van der Waals surface area contributed by atoms with E-state index in [0.29, 0.717) is 44.7 Å². The number of anilines is 1. The number of hydrogen-bond donors (Lipinski definition) is 0. The van der Waals surface area contributed by atoms with Gasteiger partial charge >= 0.3 is 0 Å². The Bertz CT molecular complexity index is 899. The van der Waals surface area contributed by atoms with Crippen LogP contribution in [0.15, 0.2) is 29.2 Å². The van der Waals surface area contributed by atoms with Crippen molar-refractivity contribution in [2.24, 2.45) is 0 Å². The van der Waals surface area contributed by atoms with Crippen molar-refractivity contribution in [2.75, 3.05) is 37.8 Å². The third-order valence-corrected chi connectivity index (χ3v) is 5.05. The van der Waals surface area contributed by atoms with Gasteiger partial charge in [0.1, 0.15) is 22.1 Å². The number of halogens is 3. The van der Waals surface area contributed by atoms with Crippen molar-refractivity contribution in [1.82, 2.24) is 9.78 Å². The highest BCUT2D eigenvalue weighted by Gasteiger charge is 2.41. The Kier molecular flexibility index (Phi) is 4.42. The monoisotopic (exact) mass is 383 g/mol. The van der Waals surface area contributed by atoms with E-state index in [0.717, 1.165) is 23.2 Å². The lowest BCUT2D eigenvalue weighted by atomic mass is 10.0. The van der Waals surface area contributed by atoms with Gasteiger partial charge in [-0.2, -0.15) is 9.78 Å². The fraction of sp³-hybridized carbons (Fsp3) is 0.412. The minimum atomic E-state index is -0.892. The van der Waals surface area contributed by atoms with Crippen LogP contribution in [0.4, 0.5) is 14.5 Å². The molecule has 0 saturated carbocycles. The summed E-state index contributed by atoms with van der Waals surface area (Å²) in [5.74, 6) is -1.63. The Balaban J connectivity index is 1.69. The van der Waals surface area contributed by atoms with E-state index in [1.165, 1.54) is 6.20 Å². The first kappa shape index (κ1) is 17.4. The molecule has 9 heteroatoms. The normalized spacial score (nSPS) is 23.0. The van der Waals surface area contributed by atoms with Crippen molar-refractivity contribution in [3.8, 4) is 5.69 Å². The van der Waals surface area contributed by atoms with Crippen molar-refractivity contribution in [3.63, 3.8) is 0 Å². The minimum absolute atomic E-state index is 0.0697. The van der Waals surface area contributed by atoms with Crippen molar-refractivity contribution in [2.45, 2.75) is 12.0 Å². The summed E-state index contributed by atoms with van der Waals surface area (Å²) in [6, 6.07) is 2.89. The summed E-state index contributed by atoms with van der Waals surface area (Å²) in [6.07, 6.45) is 2.19. The molecule has 0 aliphatic carbocycles. The van der Waals surface area contributed by atoms with E-state index in [4.69, 9.17) is 21.1 Å². The van der Waals surface area contributed by atoms with E-state index in [1.54, 1.807) is 0 Å². The highest BCUT2D eigenvalue weighted by Crippen LogP contribution is 2.32. The Hall–Kier alpha value is -2.03. The standard InChI is InChI=1S/C17H16ClF2N3O3/c18-15-14(22-4-6-26-17(9-22)3-5-25-10-17)8-21-23(16(15)24)13-2-1-11(19)7-12(13)20/h1-2,7-8H,3-6,9-10H2. The van der Waals surface area contributed by atoms with E-state index in [9.17, 15) is 13.6 Å². The molecule has 1 spiro atoms. The molecular weight excluding hydrogens is 368 g/mol. The van der Waals surface area contributed by atoms with Gasteiger partial charge in [0, 0.05) is 32.2 Å². The molecule has 1 aromatic carbocycles. The van der Waals surface area contributed by atoms with Crippen molar-refractivity contribution >= 4 is 17.3 Å². The average Bonchev–Trinajstić information content (AvgIpc) is 3.05. The Labute approximate surface area is 152 Å². The second-order valence-corrected chi connectivity index (χ2v) is 6.79. The third kappa shape index (κ3) is 2.98. The molecule has 2 saturated heterocycles. The third-order valence-electron chi connectivity index (χ3n) is 4.69. The van der Waals surface area contributed by atoms with Gasteiger partial charge in [0.25, 0.3) is 5.56 Å². The van der Waals surface area contributed by atoms with Crippen LogP contribution in [0.1, 0.15) is 6.42 Å². The van der Waals surface area contributed by atoms with Crippen LogP contribution in [0.25, 0.3) is 5.69 Å². The lowest BCUT2D eigenvalue weighted by molar-refractivity contribution is -0.0579. The molecule has 0 radical (unpaired) electrons. The van der Waals surface area contributed by atoms with Crippen LogP contribution in [0, 0.1) is 11.6 Å². The van der Waals surface area contributed by atoms with E-state index in [2.05, 4.69) is 5.10 Å². The van der Waals surface area contributed by atoms with Gasteiger partial charge < -0.3 is 14.4 Å². The van der Waals surface area contributed by atoms with Gasteiger partial charge in [0.05, 0.1) is 25.1 Å². The van der Waals surface area contributed by atoms with Crippen molar-refractivity contribution < 1.29 is 18.3 Å². The second-order valence-electron chi connectivity index (χ2n) is 6.41. The van der Waals surface area contributed by atoms with E-state index in [1.807, 2.05) is 4.90 Å². The molecule has 1 atom stereocenters. The van der Waals surface area contributed by atoms with Crippen LogP contribution in [-0.4, -0.2) is 48.3 Å². The smallest absolute Gasteiger partial charge is 0.292 e. The van der Waals surface area contributed by atoms with Gasteiger partial charge in [-0.3, -0.25) is 4.79 Å². The van der Waals surface area contributed by atoms with E-state index >= 15 is 0 Å². The Morgan fingerprint density at radius 3 is 2.81 bits per heavy atom. The van der Waals surface area contributed by atoms with Crippen LogP contribution in [0.3, 0.4) is 0 Å². The fourth-order valence-electron chi connectivity index (χ4n) is 3.35. The zero-order chi connectivity index (χ0) is 18.3. The molecule has 0 N–H and O–H groups in total. The predicted octanol–water partition coefficient (Wildman–Crippen LogP) is 2.16. The van der Waals surface area contributed by atoms with Crippen LogP contribution in [0.5, 0.6) is 0 Å². The highest BCUT2D eigenvalue weighted by atomic mass is 35.5. The predicted molar refractivity (Wildman–Crippen MR) is 91.1 cm³/mol. The fourth-order valence-corrected chi connectivity index (χ4v) is 3.60. The summed E-state index contributed by atoms with van der Waals surface area (Å²) >= 11 is 6.28. The van der Waals surface area contributed by atoms with Crippen molar-refractivity contribution in [3.05, 3.63) is 51.4 Å². The highest BCUT2D eigenvalue weighted by molar-refractivity contribution is 6.33. The van der Waals surface area contributed by atoms with Gasteiger partial charge in [-0.1, -0.05) is 11.6 Å². The maximum atomic E-state index is 14.0. The molecule has 138 valence electrons. The second kappa shape index (κ2) is 6.61. The summed E-state index contributed by atoms with van der Waals surface area (Å²) in [7, 11) is 0. The molecule has 6 nitrogen and oxygen atoms in total. The molecule has 3 heterocycles. The molecule has 2 aliphatic rings. The number of nitrogens with zero attached hydrogens (tertiary/aromatic N) is 3. The maximum absolute atomic E-state index is 14.0. The first-order valence-corrected chi connectivity index (χ1v) is 8.57. The lowest BCUT2D eigenvalue weighted by Gasteiger charge is -2.40. The van der Waals surface area contributed by atoms with Crippen LogP contribution in [-0.2, 0) is 9.47 Å². The molecule has 2 fully saturated rings. The maximum Gasteiger partial charge on any atom is 0.292 e. The van der Waals surface area contributed by atoms with Crippen molar-refractivity contribution in [1.29, 1.82) is 0 Å². The summed E-state index contributed by atoms with van der Waals surface area (Å²) < 4.78 is 39.2. The van der Waals surface area contributed by atoms with E-state index in [-0.39, 0.29) is 10.7 Å². The van der Waals surface area contributed by atoms with Gasteiger partial charge in [0.2, 0.25) is 0 Å². The summed E-state index contributed by atoms with van der Waals surface area (Å²) in [5, 5.41) is 3.96. The summed E-state index contributed by atoms with van der Waals surface area (Å²) in [4.78, 5) is 14.5. The van der Waals surface area contributed by atoms with Gasteiger partial charge in [-0.05, 0) is 12.1 Å². The zero-order valence-electron chi connectivity index (χ0n) is 13.8. The van der Waals surface area contributed by atoms with Crippen LogP contribution >= 0.6 is 11.6 Å². The minimum Gasteiger partial charge on any atom is -0.378 e. The molecule has 0 bridgehead atoms. The number of aromatic nitrogens is 2. The molecule has 4 rings (SSSR count). The molecule has 2 aromatic rings. The Morgan fingerprint density at radius 1 is 1.23 bits per heavy atom. The average molecular weight is 384 g/mol. The SMILES string of the molecule is O=c1c(Cl)c(N2CCOC3(CCOC3)C2)cnn1-c1ccc(F)cc1F. The van der Waals surface area contributed by atoms with Gasteiger partial charge in [-0.15, -0.1) is 0 Å². The largest absolute Gasteiger partial charge is 0.378 e. The van der Waals surface area contributed by atoms with Crippen LogP contribution in [0.2, 0.25) is 5.02 Å². The van der Waals surface area contributed by atoms with Crippen LogP contribution < -0.4 is 10.5 Å². The molecule has 1 aromatic heterocycles. The number of rotatable bonds is 2. The lowest BCUT2D eigenvalue weighted by Crippen LogP contribution is -2.52. The molecular formula is C17H16ClF2N3O3. The zero-order valence-corrected chi connectivity index (χ0v) is 14.5. The van der Waals surface area contributed by atoms with Gasteiger partial charge in [-0.25, -0.2) is 8.78 Å². The topological polar surface area (TPSA) is 56.6 Å².